The first kappa shape index (κ1) is 20.5. The normalized spacial score (nSPS) is 10.1. The molecular formula is C18H17BrFNO6. The number of hydrogen-bond acceptors (Lipinski definition) is 6. The molecule has 27 heavy (non-hydrogen) atoms. The fraction of sp³-hybridized carbons (Fsp3) is 0.222. The number of esters is 1. The SMILES string of the molecule is COc1cc(C(=O)OCC(=O)Nc2ccc(F)cc2)c(Br)c(OC)c1OC. The number of ether oxygens (including phenoxy) is 4. The van der Waals surface area contributed by atoms with Crippen molar-refractivity contribution in [1.29, 1.82) is 0 Å². The van der Waals surface area contributed by atoms with Crippen LogP contribution < -0.4 is 19.5 Å². The Kier molecular flexibility index (Phi) is 7.00. The zero-order valence-electron chi connectivity index (χ0n) is 14.8. The van der Waals surface area contributed by atoms with E-state index in [4.69, 9.17) is 18.9 Å². The van der Waals surface area contributed by atoms with Gasteiger partial charge in [-0.2, -0.15) is 0 Å². The lowest BCUT2D eigenvalue weighted by atomic mass is 10.2. The first-order valence-corrected chi connectivity index (χ1v) is 8.41. The molecule has 0 saturated carbocycles. The van der Waals surface area contributed by atoms with Crippen LogP contribution >= 0.6 is 15.9 Å². The van der Waals surface area contributed by atoms with Crippen LogP contribution in [0.2, 0.25) is 0 Å². The molecule has 2 rings (SSSR count). The molecule has 0 saturated heterocycles. The molecule has 0 atom stereocenters. The second-order valence-electron chi connectivity index (χ2n) is 5.14. The standard InChI is InChI=1S/C18H17BrFNO6/c1-24-13-8-12(15(19)17(26-3)16(13)25-2)18(23)27-9-14(22)21-11-6-4-10(20)5-7-11/h4-8H,9H2,1-3H3,(H,21,22). The second-order valence-corrected chi connectivity index (χ2v) is 5.93. The third-order valence-corrected chi connectivity index (χ3v) is 4.24. The highest BCUT2D eigenvalue weighted by molar-refractivity contribution is 9.10. The van der Waals surface area contributed by atoms with Gasteiger partial charge in [-0.25, -0.2) is 9.18 Å². The van der Waals surface area contributed by atoms with Gasteiger partial charge >= 0.3 is 5.97 Å². The van der Waals surface area contributed by atoms with E-state index in [9.17, 15) is 14.0 Å². The first-order valence-electron chi connectivity index (χ1n) is 7.62. The van der Waals surface area contributed by atoms with Gasteiger partial charge in [-0.05, 0) is 46.3 Å². The Morgan fingerprint density at radius 1 is 1.04 bits per heavy atom. The van der Waals surface area contributed by atoms with Crippen LogP contribution in [0.1, 0.15) is 10.4 Å². The largest absolute Gasteiger partial charge is 0.493 e. The lowest BCUT2D eigenvalue weighted by Crippen LogP contribution is -2.21. The number of benzene rings is 2. The van der Waals surface area contributed by atoms with Gasteiger partial charge in [0.2, 0.25) is 5.75 Å². The molecule has 9 heteroatoms. The third-order valence-electron chi connectivity index (χ3n) is 3.45. The van der Waals surface area contributed by atoms with Gasteiger partial charge in [-0.15, -0.1) is 0 Å². The minimum atomic E-state index is -0.768. The van der Waals surface area contributed by atoms with Gasteiger partial charge < -0.3 is 24.3 Å². The number of hydrogen-bond donors (Lipinski definition) is 1. The van der Waals surface area contributed by atoms with Gasteiger partial charge in [0.1, 0.15) is 5.82 Å². The van der Waals surface area contributed by atoms with Crippen LogP contribution in [-0.2, 0) is 9.53 Å². The molecule has 0 aliphatic rings. The van der Waals surface area contributed by atoms with E-state index in [0.29, 0.717) is 15.9 Å². The van der Waals surface area contributed by atoms with E-state index in [2.05, 4.69) is 21.2 Å². The first-order chi connectivity index (χ1) is 12.9. The summed E-state index contributed by atoms with van der Waals surface area (Å²) in [6.45, 7) is -0.528. The van der Waals surface area contributed by atoms with E-state index in [-0.39, 0.29) is 17.1 Å². The van der Waals surface area contributed by atoms with Crippen LogP contribution in [0.15, 0.2) is 34.8 Å². The van der Waals surface area contributed by atoms with Crippen molar-refractivity contribution < 1.29 is 32.9 Å². The van der Waals surface area contributed by atoms with E-state index in [1.54, 1.807) is 0 Å². The van der Waals surface area contributed by atoms with Crippen LogP contribution in [0.4, 0.5) is 10.1 Å². The van der Waals surface area contributed by atoms with E-state index < -0.39 is 24.3 Å². The number of nitrogens with one attached hydrogen (secondary N) is 1. The van der Waals surface area contributed by atoms with Crippen molar-refractivity contribution in [2.24, 2.45) is 0 Å². The maximum atomic E-state index is 12.9. The van der Waals surface area contributed by atoms with Crippen molar-refractivity contribution in [3.05, 3.63) is 46.2 Å². The predicted molar refractivity (Wildman–Crippen MR) is 99.1 cm³/mol. The maximum absolute atomic E-state index is 12.9. The molecule has 2 aromatic carbocycles. The van der Waals surface area contributed by atoms with E-state index in [1.807, 2.05) is 0 Å². The summed E-state index contributed by atoms with van der Waals surface area (Å²) in [5, 5.41) is 2.49. The summed E-state index contributed by atoms with van der Waals surface area (Å²) in [4.78, 5) is 24.3. The van der Waals surface area contributed by atoms with Crippen LogP contribution in [-0.4, -0.2) is 39.8 Å². The molecule has 0 aromatic heterocycles. The van der Waals surface area contributed by atoms with Gasteiger partial charge in [0.05, 0.1) is 31.4 Å². The topological polar surface area (TPSA) is 83.1 Å². The number of carbonyl (C=O) groups excluding carboxylic acids is 2. The average molecular weight is 442 g/mol. The van der Waals surface area contributed by atoms with Gasteiger partial charge in [0.15, 0.2) is 18.1 Å². The number of anilines is 1. The fourth-order valence-electron chi connectivity index (χ4n) is 2.21. The third kappa shape index (κ3) is 4.88. The van der Waals surface area contributed by atoms with Crippen molar-refractivity contribution in [3.8, 4) is 17.2 Å². The Morgan fingerprint density at radius 2 is 1.67 bits per heavy atom. The number of methoxy groups -OCH3 is 3. The molecular weight excluding hydrogens is 425 g/mol. The molecule has 0 aliphatic carbocycles. The zero-order valence-corrected chi connectivity index (χ0v) is 16.4. The van der Waals surface area contributed by atoms with Crippen LogP contribution in [0.3, 0.4) is 0 Å². The van der Waals surface area contributed by atoms with Gasteiger partial charge in [-0.1, -0.05) is 0 Å². The van der Waals surface area contributed by atoms with E-state index in [0.717, 1.165) is 0 Å². The van der Waals surface area contributed by atoms with Gasteiger partial charge in [0.25, 0.3) is 5.91 Å². The molecule has 0 radical (unpaired) electrons. The van der Waals surface area contributed by atoms with E-state index in [1.165, 1.54) is 51.7 Å². The summed E-state index contributed by atoms with van der Waals surface area (Å²) >= 11 is 3.27. The molecule has 144 valence electrons. The van der Waals surface area contributed by atoms with Gasteiger partial charge in [-0.3, -0.25) is 4.79 Å². The highest BCUT2D eigenvalue weighted by Gasteiger charge is 2.24. The Bertz CT molecular complexity index is 841. The van der Waals surface area contributed by atoms with Crippen LogP contribution in [0, 0.1) is 5.82 Å². The number of rotatable bonds is 7. The van der Waals surface area contributed by atoms with Crippen molar-refractivity contribution in [3.63, 3.8) is 0 Å². The molecule has 7 nitrogen and oxygen atoms in total. The fourth-order valence-corrected chi connectivity index (χ4v) is 2.83. The van der Waals surface area contributed by atoms with Crippen molar-refractivity contribution in [2.45, 2.75) is 0 Å². The quantitative estimate of drug-likeness (QED) is 0.662. The molecule has 0 fully saturated rings. The Morgan fingerprint density at radius 3 is 2.22 bits per heavy atom. The summed E-state index contributed by atoms with van der Waals surface area (Å²) in [6, 6.07) is 6.60. The van der Waals surface area contributed by atoms with Crippen LogP contribution in [0.25, 0.3) is 0 Å². The molecule has 2 aromatic rings. The van der Waals surface area contributed by atoms with Gasteiger partial charge in [0, 0.05) is 5.69 Å². The predicted octanol–water partition coefficient (Wildman–Crippen LogP) is 3.41. The Labute approximate surface area is 163 Å². The summed E-state index contributed by atoms with van der Waals surface area (Å²) < 4.78 is 33.9. The molecule has 0 aliphatic heterocycles. The summed E-state index contributed by atoms with van der Waals surface area (Å²) in [7, 11) is 4.26. The van der Waals surface area contributed by atoms with Crippen LogP contribution in [0.5, 0.6) is 17.2 Å². The molecule has 0 bridgehead atoms. The highest BCUT2D eigenvalue weighted by Crippen LogP contribution is 2.44. The molecule has 0 unspecified atom stereocenters. The Hall–Kier alpha value is -2.81. The summed E-state index contributed by atoms with van der Waals surface area (Å²) in [5.41, 5.74) is 0.477. The number of halogens is 2. The minimum absolute atomic E-state index is 0.0964. The number of carbonyl (C=O) groups is 2. The lowest BCUT2D eigenvalue weighted by molar-refractivity contribution is -0.119. The highest BCUT2D eigenvalue weighted by atomic mass is 79.9. The molecule has 0 spiro atoms. The Balaban J connectivity index is 2.11. The average Bonchev–Trinajstić information content (AvgIpc) is 2.67. The minimum Gasteiger partial charge on any atom is -0.493 e. The number of amides is 1. The monoisotopic (exact) mass is 441 g/mol. The smallest absolute Gasteiger partial charge is 0.340 e. The summed E-state index contributed by atoms with van der Waals surface area (Å²) in [5.74, 6) is -0.946. The maximum Gasteiger partial charge on any atom is 0.340 e. The van der Waals surface area contributed by atoms with Crippen molar-refractivity contribution >= 4 is 33.5 Å². The van der Waals surface area contributed by atoms with Crippen molar-refractivity contribution in [1.82, 2.24) is 0 Å². The van der Waals surface area contributed by atoms with E-state index >= 15 is 0 Å². The molecule has 1 amide bonds. The van der Waals surface area contributed by atoms with Crippen molar-refractivity contribution in [2.75, 3.05) is 33.3 Å². The molecule has 1 N–H and O–H groups in total. The second kappa shape index (κ2) is 9.22. The summed E-state index contributed by atoms with van der Waals surface area (Å²) in [6.07, 6.45) is 0. The lowest BCUT2D eigenvalue weighted by Gasteiger charge is -2.16. The molecule has 0 heterocycles. The zero-order chi connectivity index (χ0) is 20.0.